The van der Waals surface area contributed by atoms with Crippen LogP contribution in [0.15, 0.2) is 18.2 Å². The monoisotopic (exact) mass is 312 g/mol. The first-order chi connectivity index (χ1) is 9.61. The standard InChI is InChI=1S/C15H20N2O3.ClH/c1-10-5-6-11(15(19)20-2)8-13(10)17-14(18)12-4-3-7-16-9-12;/h5-6,8,12,16H,3-4,7,9H2,1-2H3,(H,17,18);1H/t12-;/m1./s1. The van der Waals surface area contributed by atoms with Crippen molar-refractivity contribution >= 4 is 30.0 Å². The van der Waals surface area contributed by atoms with E-state index in [1.807, 2.05) is 6.92 Å². The van der Waals surface area contributed by atoms with Crippen molar-refractivity contribution in [1.29, 1.82) is 0 Å². The normalized spacial score (nSPS) is 17.5. The summed E-state index contributed by atoms with van der Waals surface area (Å²) in [6, 6.07) is 5.16. The maximum absolute atomic E-state index is 12.2. The van der Waals surface area contributed by atoms with Gasteiger partial charge in [0.05, 0.1) is 18.6 Å². The molecule has 5 nitrogen and oxygen atoms in total. The fourth-order valence-electron chi connectivity index (χ4n) is 2.31. The van der Waals surface area contributed by atoms with Gasteiger partial charge in [0.2, 0.25) is 5.91 Å². The van der Waals surface area contributed by atoms with Crippen LogP contribution in [0.2, 0.25) is 0 Å². The van der Waals surface area contributed by atoms with E-state index in [2.05, 4.69) is 10.6 Å². The number of rotatable bonds is 3. The van der Waals surface area contributed by atoms with Crippen molar-refractivity contribution in [2.24, 2.45) is 5.92 Å². The van der Waals surface area contributed by atoms with Gasteiger partial charge in [0.15, 0.2) is 0 Å². The van der Waals surface area contributed by atoms with Crippen molar-refractivity contribution in [2.45, 2.75) is 19.8 Å². The highest BCUT2D eigenvalue weighted by Crippen LogP contribution is 2.20. The van der Waals surface area contributed by atoms with Crippen LogP contribution < -0.4 is 10.6 Å². The molecule has 1 aliphatic rings. The van der Waals surface area contributed by atoms with Crippen LogP contribution in [0, 0.1) is 12.8 Å². The van der Waals surface area contributed by atoms with Gasteiger partial charge in [-0.2, -0.15) is 0 Å². The second-order valence-corrected chi connectivity index (χ2v) is 5.05. The van der Waals surface area contributed by atoms with E-state index in [4.69, 9.17) is 4.74 Å². The first kappa shape index (κ1) is 17.5. The van der Waals surface area contributed by atoms with Crippen LogP contribution in [-0.4, -0.2) is 32.1 Å². The van der Waals surface area contributed by atoms with Crippen molar-refractivity contribution < 1.29 is 14.3 Å². The lowest BCUT2D eigenvalue weighted by Crippen LogP contribution is -2.37. The van der Waals surface area contributed by atoms with Gasteiger partial charge in [-0.1, -0.05) is 6.07 Å². The molecule has 21 heavy (non-hydrogen) atoms. The maximum Gasteiger partial charge on any atom is 0.337 e. The minimum Gasteiger partial charge on any atom is -0.465 e. The first-order valence-corrected chi connectivity index (χ1v) is 6.82. The molecule has 1 amide bonds. The van der Waals surface area contributed by atoms with Gasteiger partial charge in [-0.25, -0.2) is 4.79 Å². The Labute approximate surface area is 130 Å². The lowest BCUT2D eigenvalue weighted by molar-refractivity contribution is -0.120. The van der Waals surface area contributed by atoms with E-state index in [9.17, 15) is 9.59 Å². The number of hydrogen-bond donors (Lipinski definition) is 2. The molecule has 1 atom stereocenters. The molecule has 0 saturated carbocycles. The number of piperidine rings is 1. The minimum atomic E-state index is -0.403. The van der Waals surface area contributed by atoms with Gasteiger partial charge in [0.1, 0.15) is 0 Å². The number of methoxy groups -OCH3 is 1. The van der Waals surface area contributed by atoms with Gasteiger partial charge >= 0.3 is 5.97 Å². The van der Waals surface area contributed by atoms with E-state index in [0.29, 0.717) is 17.8 Å². The van der Waals surface area contributed by atoms with Gasteiger partial charge in [-0.3, -0.25) is 4.79 Å². The molecule has 1 aromatic carbocycles. The number of nitrogens with one attached hydrogen (secondary N) is 2. The molecular weight excluding hydrogens is 292 g/mol. The molecule has 0 spiro atoms. The zero-order chi connectivity index (χ0) is 14.5. The van der Waals surface area contributed by atoms with Crippen LogP contribution in [0.25, 0.3) is 0 Å². The number of esters is 1. The molecule has 6 heteroatoms. The van der Waals surface area contributed by atoms with Gasteiger partial charge < -0.3 is 15.4 Å². The Morgan fingerprint density at radius 2 is 2.14 bits per heavy atom. The second-order valence-electron chi connectivity index (χ2n) is 5.05. The number of ether oxygens (including phenoxy) is 1. The Bertz CT molecular complexity index is 514. The van der Waals surface area contributed by atoms with Gasteiger partial charge in [-0.05, 0) is 44.0 Å². The highest BCUT2D eigenvalue weighted by molar-refractivity contribution is 5.96. The molecule has 1 fully saturated rings. The molecule has 0 bridgehead atoms. The van der Waals surface area contributed by atoms with Crippen molar-refractivity contribution in [2.75, 3.05) is 25.5 Å². The molecule has 2 N–H and O–H groups in total. The number of benzene rings is 1. The molecule has 0 unspecified atom stereocenters. The van der Waals surface area contributed by atoms with E-state index in [0.717, 1.165) is 24.9 Å². The fraction of sp³-hybridized carbons (Fsp3) is 0.467. The molecule has 1 aromatic rings. The zero-order valence-corrected chi connectivity index (χ0v) is 13.1. The van der Waals surface area contributed by atoms with Crippen LogP contribution >= 0.6 is 12.4 Å². The predicted octanol–water partition coefficient (Wildman–Crippen LogP) is 2.14. The highest BCUT2D eigenvalue weighted by Gasteiger charge is 2.21. The quantitative estimate of drug-likeness (QED) is 0.839. The summed E-state index contributed by atoms with van der Waals surface area (Å²) in [6.45, 7) is 3.58. The van der Waals surface area contributed by atoms with Crippen LogP contribution in [-0.2, 0) is 9.53 Å². The van der Waals surface area contributed by atoms with E-state index < -0.39 is 5.97 Å². The summed E-state index contributed by atoms with van der Waals surface area (Å²) in [5.74, 6) is -0.410. The minimum absolute atomic E-state index is 0. The third kappa shape index (κ3) is 4.44. The third-order valence-corrected chi connectivity index (χ3v) is 3.58. The molecule has 1 aliphatic heterocycles. The molecule has 0 aliphatic carbocycles. The van der Waals surface area contributed by atoms with Crippen molar-refractivity contribution in [3.63, 3.8) is 0 Å². The lowest BCUT2D eigenvalue weighted by Gasteiger charge is -2.22. The SMILES string of the molecule is COC(=O)c1ccc(C)c(NC(=O)[C@@H]2CCCNC2)c1.Cl. The number of halogens is 1. The Morgan fingerprint density at radius 1 is 1.38 bits per heavy atom. The lowest BCUT2D eigenvalue weighted by atomic mass is 9.98. The molecule has 116 valence electrons. The van der Waals surface area contributed by atoms with E-state index in [1.165, 1.54) is 7.11 Å². The molecule has 2 rings (SSSR count). The van der Waals surface area contributed by atoms with Crippen LogP contribution in [0.4, 0.5) is 5.69 Å². The van der Waals surface area contributed by atoms with Crippen LogP contribution in [0.1, 0.15) is 28.8 Å². The van der Waals surface area contributed by atoms with Gasteiger partial charge in [0.25, 0.3) is 0 Å². The Morgan fingerprint density at radius 3 is 2.76 bits per heavy atom. The number of carbonyl (C=O) groups excluding carboxylic acids is 2. The summed E-state index contributed by atoms with van der Waals surface area (Å²) in [5, 5.41) is 6.13. The average molecular weight is 313 g/mol. The average Bonchev–Trinajstić information content (AvgIpc) is 2.49. The molecule has 1 heterocycles. The van der Waals surface area contributed by atoms with E-state index in [-0.39, 0.29) is 24.2 Å². The maximum atomic E-state index is 12.2. The number of aryl methyl sites for hydroxylation is 1. The number of anilines is 1. The number of amides is 1. The van der Waals surface area contributed by atoms with Crippen molar-refractivity contribution in [3.05, 3.63) is 29.3 Å². The topological polar surface area (TPSA) is 67.4 Å². The molecule has 1 saturated heterocycles. The Hall–Kier alpha value is -1.59. The summed E-state index contributed by atoms with van der Waals surface area (Å²) >= 11 is 0. The first-order valence-electron chi connectivity index (χ1n) is 6.82. The Balaban J connectivity index is 0.00000220. The van der Waals surface area contributed by atoms with Crippen molar-refractivity contribution in [3.8, 4) is 0 Å². The summed E-state index contributed by atoms with van der Waals surface area (Å²) in [5.41, 5.74) is 2.04. The van der Waals surface area contributed by atoms with E-state index in [1.54, 1.807) is 18.2 Å². The van der Waals surface area contributed by atoms with Crippen LogP contribution in [0.5, 0.6) is 0 Å². The van der Waals surface area contributed by atoms with Gasteiger partial charge in [0, 0.05) is 12.2 Å². The largest absolute Gasteiger partial charge is 0.465 e. The molecule has 0 aromatic heterocycles. The highest BCUT2D eigenvalue weighted by atomic mass is 35.5. The van der Waals surface area contributed by atoms with Crippen molar-refractivity contribution in [1.82, 2.24) is 5.32 Å². The molecule has 0 radical (unpaired) electrons. The Kier molecular flexibility index (Phi) is 6.65. The second kappa shape index (κ2) is 8.00. The third-order valence-electron chi connectivity index (χ3n) is 3.58. The van der Waals surface area contributed by atoms with Crippen LogP contribution in [0.3, 0.4) is 0 Å². The fourth-order valence-corrected chi connectivity index (χ4v) is 2.31. The van der Waals surface area contributed by atoms with Gasteiger partial charge in [-0.15, -0.1) is 12.4 Å². The summed E-state index contributed by atoms with van der Waals surface area (Å²) in [6.07, 6.45) is 1.91. The zero-order valence-electron chi connectivity index (χ0n) is 12.3. The van der Waals surface area contributed by atoms with E-state index >= 15 is 0 Å². The predicted molar refractivity (Wildman–Crippen MR) is 84.0 cm³/mol. The smallest absolute Gasteiger partial charge is 0.337 e. The number of carbonyl (C=O) groups is 2. The molecular formula is C15H21ClN2O3. The summed E-state index contributed by atoms with van der Waals surface area (Å²) in [7, 11) is 1.34. The number of hydrogen-bond acceptors (Lipinski definition) is 4. The summed E-state index contributed by atoms with van der Waals surface area (Å²) < 4.78 is 4.69. The summed E-state index contributed by atoms with van der Waals surface area (Å²) in [4.78, 5) is 23.7.